The number of Topliss-reactive ketones (excluding diaryl/α,β-unsaturated/α-hetero) is 1. The van der Waals surface area contributed by atoms with Crippen LogP contribution in [-0.2, 0) is 26.2 Å². The van der Waals surface area contributed by atoms with E-state index in [1.807, 2.05) is 26.8 Å². The van der Waals surface area contributed by atoms with Crippen molar-refractivity contribution < 1.29 is 29.3 Å². The number of amides is 1. The number of hydrogen-bond donors (Lipinski definition) is 4. The lowest BCUT2D eigenvalue weighted by Crippen LogP contribution is -2.39. The average molecular weight is 563 g/mol. The van der Waals surface area contributed by atoms with E-state index in [9.17, 15) is 29.9 Å². The third-order valence-corrected chi connectivity index (χ3v) is 6.71. The van der Waals surface area contributed by atoms with E-state index in [2.05, 4.69) is 21.7 Å². The molecule has 2 aromatic carbocycles. The fourth-order valence-electron chi connectivity index (χ4n) is 4.53. The van der Waals surface area contributed by atoms with Gasteiger partial charge in [0, 0.05) is 30.9 Å². The van der Waals surface area contributed by atoms with Crippen molar-refractivity contribution in [1.82, 2.24) is 10.6 Å². The van der Waals surface area contributed by atoms with E-state index in [0.717, 1.165) is 5.56 Å². The van der Waals surface area contributed by atoms with E-state index < -0.39 is 23.9 Å². The lowest BCUT2D eigenvalue weighted by Gasteiger charge is -2.23. The zero-order chi connectivity index (χ0) is 30.2. The first-order chi connectivity index (χ1) is 19.4. The predicted molar refractivity (Wildman–Crippen MR) is 154 cm³/mol. The van der Waals surface area contributed by atoms with Gasteiger partial charge in [-0.3, -0.25) is 19.4 Å². The highest BCUT2D eigenvalue weighted by molar-refractivity contribution is 5.97. The van der Waals surface area contributed by atoms with Gasteiger partial charge in [0.25, 0.3) is 5.91 Å². The molecule has 10 nitrogen and oxygen atoms in total. The van der Waals surface area contributed by atoms with Crippen molar-refractivity contribution in [3.63, 3.8) is 0 Å². The second-order valence-corrected chi connectivity index (χ2v) is 11.2. The van der Waals surface area contributed by atoms with Gasteiger partial charge in [0.2, 0.25) is 0 Å². The number of carbonyl (C=O) groups excluding carboxylic acids is 3. The summed E-state index contributed by atoms with van der Waals surface area (Å²) < 4.78 is 5.13. The van der Waals surface area contributed by atoms with Gasteiger partial charge in [0.15, 0.2) is 5.78 Å². The van der Waals surface area contributed by atoms with Crippen molar-refractivity contribution in [3.8, 4) is 11.8 Å². The van der Waals surface area contributed by atoms with Crippen LogP contribution in [-0.4, -0.2) is 66.1 Å². The normalized spacial score (nSPS) is 15.6. The number of aromatic hydroxyl groups is 1. The number of aliphatic hydroxyl groups is 1. The lowest BCUT2D eigenvalue weighted by molar-refractivity contribution is -0.143. The molecule has 0 spiro atoms. The zero-order valence-corrected chi connectivity index (χ0v) is 24.0. The molecule has 1 amide bonds. The number of ketones is 1. The van der Waals surface area contributed by atoms with Crippen LogP contribution in [0.3, 0.4) is 0 Å². The fourth-order valence-corrected chi connectivity index (χ4v) is 4.53. The number of aliphatic imine (C=N–C) groups is 1. The summed E-state index contributed by atoms with van der Waals surface area (Å²) in [5.74, 6) is -1.28. The van der Waals surface area contributed by atoms with Crippen LogP contribution in [0, 0.1) is 11.3 Å². The Hall–Kier alpha value is -4.23. The molecular formula is C31H38N4O6. The Morgan fingerprint density at radius 2 is 1.93 bits per heavy atom. The van der Waals surface area contributed by atoms with Gasteiger partial charge in [0.1, 0.15) is 11.6 Å². The monoisotopic (exact) mass is 562 g/mol. The fraction of sp³-hybridized carbons (Fsp3) is 0.452. The average Bonchev–Trinajstić information content (AvgIpc) is 2.91. The number of phenols is 1. The molecule has 0 aromatic heterocycles. The number of nitrogens with one attached hydrogen (secondary N) is 2. The standard InChI is InChI=1S/C31H38N4O6/c1-5-41-29(39)14-22(21-7-20(15-32)8-24(11-21)31(2,3)4)12-26(37)16-35-30(40)23-6-19(9-25(36)13-23)10-28-33-17-27(38)18-34-28/h6-9,11,13,22,27,36,38H,5,10,12,14,16-18H2,1-4H3,(H,33,34)(H,35,40)/t22-/m0/s1. The Kier molecular flexibility index (Phi) is 10.6. The van der Waals surface area contributed by atoms with Crippen molar-refractivity contribution in [2.24, 2.45) is 4.99 Å². The number of phenolic OH excluding ortho intramolecular Hbond substituents is 1. The van der Waals surface area contributed by atoms with Crippen LogP contribution in [0.2, 0.25) is 0 Å². The number of carbonyl (C=O) groups is 3. The number of amidine groups is 1. The molecule has 0 saturated heterocycles. The van der Waals surface area contributed by atoms with Crippen LogP contribution >= 0.6 is 0 Å². The Labute approximate surface area is 240 Å². The molecule has 41 heavy (non-hydrogen) atoms. The molecule has 0 fully saturated rings. The maximum atomic E-state index is 13.0. The van der Waals surface area contributed by atoms with Gasteiger partial charge < -0.3 is 25.6 Å². The van der Waals surface area contributed by atoms with Crippen molar-refractivity contribution in [2.45, 2.75) is 64.4 Å². The van der Waals surface area contributed by atoms with Crippen LogP contribution in [0.1, 0.15) is 79.1 Å². The highest BCUT2D eigenvalue weighted by Crippen LogP contribution is 2.31. The van der Waals surface area contributed by atoms with Gasteiger partial charge in [-0.25, -0.2) is 0 Å². The Morgan fingerprint density at radius 3 is 2.56 bits per heavy atom. The molecule has 4 N–H and O–H groups in total. The van der Waals surface area contributed by atoms with Gasteiger partial charge in [-0.15, -0.1) is 0 Å². The smallest absolute Gasteiger partial charge is 0.306 e. The molecule has 1 unspecified atom stereocenters. The van der Waals surface area contributed by atoms with E-state index >= 15 is 0 Å². The van der Waals surface area contributed by atoms with E-state index in [1.54, 1.807) is 25.1 Å². The second kappa shape index (κ2) is 13.9. The van der Waals surface area contributed by atoms with Gasteiger partial charge in [-0.2, -0.15) is 5.26 Å². The van der Waals surface area contributed by atoms with Crippen molar-refractivity contribution >= 4 is 23.5 Å². The summed E-state index contributed by atoms with van der Waals surface area (Å²) in [6, 6.07) is 12.0. The largest absolute Gasteiger partial charge is 0.508 e. The molecule has 218 valence electrons. The summed E-state index contributed by atoms with van der Waals surface area (Å²) in [7, 11) is 0. The highest BCUT2D eigenvalue weighted by Gasteiger charge is 2.24. The van der Waals surface area contributed by atoms with Crippen molar-refractivity contribution in [3.05, 3.63) is 64.2 Å². The number of nitriles is 1. The highest BCUT2D eigenvalue weighted by atomic mass is 16.5. The third-order valence-electron chi connectivity index (χ3n) is 6.71. The minimum Gasteiger partial charge on any atom is -0.508 e. The molecule has 0 bridgehead atoms. The Balaban J connectivity index is 1.72. The summed E-state index contributed by atoms with van der Waals surface area (Å²) in [5, 5.41) is 35.0. The van der Waals surface area contributed by atoms with Crippen LogP contribution < -0.4 is 10.6 Å². The molecular weight excluding hydrogens is 524 g/mol. The van der Waals surface area contributed by atoms with Crippen molar-refractivity contribution in [2.75, 3.05) is 26.2 Å². The number of ether oxygens (including phenoxy) is 1. The molecule has 1 aliphatic heterocycles. The summed E-state index contributed by atoms with van der Waals surface area (Å²) in [6.07, 6.45) is -0.292. The molecule has 1 aliphatic rings. The predicted octanol–water partition coefficient (Wildman–Crippen LogP) is 2.89. The quantitative estimate of drug-likeness (QED) is 0.304. The summed E-state index contributed by atoms with van der Waals surface area (Å²) >= 11 is 0. The minimum atomic E-state index is -0.547. The number of hydrogen-bond acceptors (Lipinski definition) is 9. The molecule has 0 saturated carbocycles. The first-order valence-electron chi connectivity index (χ1n) is 13.7. The van der Waals surface area contributed by atoms with Gasteiger partial charge in [0.05, 0.1) is 43.9 Å². The minimum absolute atomic E-state index is 0.0415. The number of esters is 1. The molecule has 3 rings (SSSR count). The third kappa shape index (κ3) is 9.43. The first kappa shape index (κ1) is 31.3. The van der Waals surface area contributed by atoms with E-state index in [1.165, 1.54) is 12.1 Å². The zero-order valence-electron chi connectivity index (χ0n) is 24.0. The van der Waals surface area contributed by atoms with Gasteiger partial charge >= 0.3 is 5.97 Å². The number of β-amino-alcohol motifs (C(OH)–C–C–N with tert-alkyl or cyclic N) is 1. The molecule has 2 aromatic rings. The topological polar surface area (TPSA) is 161 Å². The molecule has 0 radical (unpaired) electrons. The van der Waals surface area contributed by atoms with Crippen LogP contribution in [0.15, 0.2) is 41.4 Å². The van der Waals surface area contributed by atoms with E-state index in [0.29, 0.717) is 35.5 Å². The Morgan fingerprint density at radius 1 is 1.17 bits per heavy atom. The summed E-state index contributed by atoms with van der Waals surface area (Å²) in [4.78, 5) is 42.6. The van der Waals surface area contributed by atoms with E-state index in [4.69, 9.17) is 4.74 Å². The number of nitrogens with zero attached hydrogens (tertiary/aromatic N) is 2. The van der Waals surface area contributed by atoms with Crippen molar-refractivity contribution in [1.29, 1.82) is 5.26 Å². The molecule has 2 atom stereocenters. The van der Waals surface area contributed by atoms with Crippen LogP contribution in [0.5, 0.6) is 5.75 Å². The number of aliphatic hydroxyl groups excluding tert-OH is 1. The first-order valence-corrected chi connectivity index (χ1v) is 13.7. The van der Waals surface area contributed by atoms with E-state index in [-0.39, 0.29) is 55.0 Å². The molecule has 1 heterocycles. The number of benzene rings is 2. The maximum Gasteiger partial charge on any atom is 0.306 e. The number of rotatable bonds is 11. The van der Waals surface area contributed by atoms with Crippen LogP contribution in [0.4, 0.5) is 0 Å². The summed E-state index contributed by atoms with van der Waals surface area (Å²) in [6.45, 7) is 8.35. The Bertz CT molecular complexity index is 1360. The lowest BCUT2D eigenvalue weighted by atomic mass is 9.81. The molecule has 10 heteroatoms. The summed E-state index contributed by atoms with van der Waals surface area (Å²) in [5.41, 5.74) is 2.61. The maximum absolute atomic E-state index is 13.0. The second-order valence-electron chi connectivity index (χ2n) is 11.2. The SMILES string of the molecule is CCOC(=O)C[C@H](CC(=O)CNC(=O)c1cc(O)cc(CC2=NCC(O)CN2)c1)c1cc(C#N)cc(C(C)(C)C)c1. The van der Waals surface area contributed by atoms with Crippen LogP contribution in [0.25, 0.3) is 0 Å². The van der Waals surface area contributed by atoms with Gasteiger partial charge in [-0.1, -0.05) is 26.8 Å². The molecule has 0 aliphatic carbocycles. The van der Waals surface area contributed by atoms with Gasteiger partial charge in [-0.05, 0) is 59.4 Å².